The van der Waals surface area contributed by atoms with Gasteiger partial charge < -0.3 is 15.3 Å². The number of hydrogen-bond acceptors (Lipinski definition) is 6. The fraction of sp³-hybridized carbons (Fsp3) is 0.409. The quantitative estimate of drug-likeness (QED) is 0.662. The zero-order valence-electron chi connectivity index (χ0n) is 17.0. The summed E-state index contributed by atoms with van der Waals surface area (Å²) in [7, 11) is 0. The number of nitrogens with one attached hydrogen (secondary N) is 1. The number of aromatic hydroxyl groups is 1. The molecule has 0 saturated carbocycles. The number of anilines is 2. The van der Waals surface area contributed by atoms with E-state index in [1.54, 1.807) is 6.07 Å². The van der Waals surface area contributed by atoms with Gasteiger partial charge in [-0.2, -0.15) is 0 Å². The number of amides is 1. The Balaban J connectivity index is 1.38. The van der Waals surface area contributed by atoms with E-state index in [0.717, 1.165) is 42.8 Å². The Bertz CT molecular complexity index is 1030. The molecule has 1 amide bonds. The molecule has 3 aromatic rings. The number of phenols is 1. The second kappa shape index (κ2) is 7.63. The first kappa shape index (κ1) is 19.6. The van der Waals surface area contributed by atoms with Crippen LogP contribution in [0.1, 0.15) is 39.3 Å². The van der Waals surface area contributed by atoms with E-state index in [1.165, 1.54) is 11.3 Å². The first-order valence-corrected chi connectivity index (χ1v) is 10.8. The maximum atomic E-state index is 12.7. The molecule has 4 rings (SSSR count). The molecule has 0 bridgehead atoms. The number of para-hydroxylation sites is 1. The Morgan fingerprint density at radius 3 is 2.62 bits per heavy atom. The Kier molecular flexibility index (Phi) is 5.17. The number of nitrogens with zero attached hydrogens (tertiary/aromatic N) is 3. The summed E-state index contributed by atoms with van der Waals surface area (Å²) in [6, 6.07) is 9.36. The number of benzene rings is 1. The lowest BCUT2D eigenvalue weighted by Crippen LogP contribution is -2.38. The molecular weight excluding hydrogens is 384 g/mol. The minimum atomic E-state index is -0.0258. The summed E-state index contributed by atoms with van der Waals surface area (Å²) < 4.78 is 0. The third-order valence-electron chi connectivity index (χ3n) is 5.38. The van der Waals surface area contributed by atoms with Crippen LogP contribution in [0.4, 0.5) is 10.9 Å². The molecule has 0 aliphatic carbocycles. The van der Waals surface area contributed by atoms with Crippen LogP contribution in [0.15, 0.2) is 35.7 Å². The van der Waals surface area contributed by atoms with E-state index >= 15 is 0 Å². The van der Waals surface area contributed by atoms with E-state index < -0.39 is 0 Å². The van der Waals surface area contributed by atoms with Crippen molar-refractivity contribution in [2.75, 3.05) is 23.3 Å². The van der Waals surface area contributed by atoms with Crippen molar-refractivity contribution >= 4 is 39.1 Å². The van der Waals surface area contributed by atoms with E-state index in [0.29, 0.717) is 10.6 Å². The highest BCUT2D eigenvalue weighted by Gasteiger charge is 2.27. The first-order valence-electron chi connectivity index (χ1n) is 9.92. The Morgan fingerprint density at radius 2 is 1.93 bits per heavy atom. The minimum absolute atomic E-state index is 0.0217. The summed E-state index contributed by atoms with van der Waals surface area (Å²) in [5.41, 5.74) is 1.59. The maximum absolute atomic E-state index is 12.7. The molecule has 0 atom stereocenters. The normalized spacial score (nSPS) is 15.6. The maximum Gasteiger partial charge on any atom is 0.229 e. The smallest absolute Gasteiger partial charge is 0.229 e. The van der Waals surface area contributed by atoms with Crippen molar-refractivity contribution in [3.63, 3.8) is 0 Å². The SMILES string of the molecule is CC(C)(C)c1csc(NC(=O)C2CCN(c3ccc4cccc(O)c4n3)CC2)n1. The lowest BCUT2D eigenvalue weighted by molar-refractivity contribution is -0.120. The second-order valence-electron chi connectivity index (χ2n) is 8.56. The highest BCUT2D eigenvalue weighted by atomic mass is 32.1. The summed E-state index contributed by atoms with van der Waals surface area (Å²) in [6.45, 7) is 7.86. The Morgan fingerprint density at radius 1 is 1.17 bits per heavy atom. The van der Waals surface area contributed by atoms with Crippen LogP contribution in [0.3, 0.4) is 0 Å². The van der Waals surface area contributed by atoms with Crippen LogP contribution in [0.5, 0.6) is 5.75 Å². The topological polar surface area (TPSA) is 78.4 Å². The van der Waals surface area contributed by atoms with Gasteiger partial charge in [-0.1, -0.05) is 32.9 Å². The van der Waals surface area contributed by atoms with Gasteiger partial charge in [-0.3, -0.25) is 4.79 Å². The van der Waals surface area contributed by atoms with Gasteiger partial charge >= 0.3 is 0 Å². The van der Waals surface area contributed by atoms with Gasteiger partial charge in [0.2, 0.25) is 5.91 Å². The summed E-state index contributed by atoms with van der Waals surface area (Å²) in [6.07, 6.45) is 1.54. The van der Waals surface area contributed by atoms with Gasteiger partial charge in [0.1, 0.15) is 17.1 Å². The number of aromatic nitrogens is 2. The molecule has 0 radical (unpaired) electrons. The molecule has 6 nitrogen and oxygen atoms in total. The van der Waals surface area contributed by atoms with Gasteiger partial charge in [0.05, 0.1) is 5.69 Å². The summed E-state index contributed by atoms with van der Waals surface area (Å²) in [5.74, 6) is 1.05. The molecule has 1 aliphatic rings. The lowest BCUT2D eigenvalue weighted by Gasteiger charge is -2.32. The number of piperidine rings is 1. The van der Waals surface area contributed by atoms with Gasteiger partial charge in [-0.15, -0.1) is 11.3 Å². The van der Waals surface area contributed by atoms with Crippen LogP contribution in [0, 0.1) is 5.92 Å². The molecule has 0 spiro atoms. The number of carbonyl (C=O) groups excluding carboxylic acids is 1. The highest BCUT2D eigenvalue weighted by molar-refractivity contribution is 7.13. The number of phenolic OH excluding ortho intramolecular Hbond substituents is 1. The highest BCUT2D eigenvalue weighted by Crippen LogP contribution is 2.29. The van der Waals surface area contributed by atoms with Gasteiger partial charge in [0.15, 0.2) is 5.13 Å². The van der Waals surface area contributed by atoms with E-state index in [9.17, 15) is 9.90 Å². The molecule has 152 valence electrons. The molecule has 1 aromatic carbocycles. The third-order valence-corrected chi connectivity index (χ3v) is 6.13. The standard InChI is InChI=1S/C22H26N4O2S/c1-22(2,3)17-13-29-21(23-17)25-20(28)15-9-11-26(12-10-15)18-8-7-14-5-4-6-16(27)19(14)24-18/h4-8,13,15,27H,9-12H2,1-3H3,(H,23,25,28). The Labute approximate surface area is 174 Å². The molecule has 1 saturated heterocycles. The van der Waals surface area contributed by atoms with Crippen molar-refractivity contribution in [2.24, 2.45) is 5.92 Å². The molecular formula is C22H26N4O2S. The number of pyridine rings is 1. The molecule has 29 heavy (non-hydrogen) atoms. The second-order valence-corrected chi connectivity index (χ2v) is 9.41. The van der Waals surface area contributed by atoms with Crippen molar-refractivity contribution in [3.05, 3.63) is 41.4 Å². The Hall–Kier alpha value is -2.67. The molecule has 2 N–H and O–H groups in total. The number of fused-ring (bicyclic) bond motifs is 1. The third kappa shape index (κ3) is 4.19. The van der Waals surface area contributed by atoms with Crippen LogP contribution in [0.25, 0.3) is 10.9 Å². The van der Waals surface area contributed by atoms with E-state index in [4.69, 9.17) is 0 Å². The van der Waals surface area contributed by atoms with E-state index in [-0.39, 0.29) is 23.0 Å². The van der Waals surface area contributed by atoms with Gasteiger partial charge in [-0.05, 0) is 31.0 Å². The summed E-state index contributed by atoms with van der Waals surface area (Å²) >= 11 is 1.48. The molecule has 1 aliphatic heterocycles. The molecule has 2 aromatic heterocycles. The minimum Gasteiger partial charge on any atom is -0.506 e. The van der Waals surface area contributed by atoms with Crippen LogP contribution >= 0.6 is 11.3 Å². The molecule has 0 unspecified atom stereocenters. The van der Waals surface area contributed by atoms with Gasteiger partial charge in [0.25, 0.3) is 0 Å². The van der Waals surface area contributed by atoms with Crippen LogP contribution in [-0.2, 0) is 10.2 Å². The van der Waals surface area contributed by atoms with Gasteiger partial charge in [-0.25, -0.2) is 9.97 Å². The summed E-state index contributed by atoms with van der Waals surface area (Å²) in [5, 5.41) is 16.7. The molecule has 7 heteroatoms. The predicted molar refractivity (Wildman–Crippen MR) is 118 cm³/mol. The van der Waals surface area contributed by atoms with Crippen molar-refractivity contribution in [2.45, 2.75) is 39.0 Å². The fourth-order valence-corrected chi connectivity index (χ4v) is 4.49. The zero-order chi connectivity index (χ0) is 20.6. The van der Waals surface area contributed by atoms with E-state index in [2.05, 4.69) is 41.0 Å². The zero-order valence-corrected chi connectivity index (χ0v) is 17.8. The number of hydrogen-bond donors (Lipinski definition) is 2. The average Bonchev–Trinajstić information content (AvgIpc) is 3.17. The summed E-state index contributed by atoms with van der Waals surface area (Å²) in [4.78, 5) is 24.0. The van der Waals surface area contributed by atoms with Crippen LogP contribution in [-0.4, -0.2) is 34.1 Å². The van der Waals surface area contributed by atoms with Crippen molar-refractivity contribution < 1.29 is 9.90 Å². The number of thiazole rings is 1. The van der Waals surface area contributed by atoms with Crippen molar-refractivity contribution in [1.29, 1.82) is 0 Å². The van der Waals surface area contributed by atoms with Crippen molar-refractivity contribution in [3.8, 4) is 5.75 Å². The lowest BCUT2D eigenvalue weighted by atomic mass is 9.93. The van der Waals surface area contributed by atoms with Gasteiger partial charge in [0, 0.05) is 35.2 Å². The van der Waals surface area contributed by atoms with Crippen molar-refractivity contribution in [1.82, 2.24) is 9.97 Å². The van der Waals surface area contributed by atoms with Crippen LogP contribution in [0.2, 0.25) is 0 Å². The molecule has 1 fully saturated rings. The number of carbonyl (C=O) groups is 1. The average molecular weight is 411 g/mol. The largest absolute Gasteiger partial charge is 0.506 e. The first-order chi connectivity index (χ1) is 13.8. The predicted octanol–water partition coefficient (Wildman–Crippen LogP) is 4.55. The monoisotopic (exact) mass is 410 g/mol. The fourth-order valence-electron chi connectivity index (χ4n) is 3.55. The van der Waals surface area contributed by atoms with E-state index in [1.807, 2.05) is 29.6 Å². The molecule has 3 heterocycles. The van der Waals surface area contributed by atoms with Crippen LogP contribution < -0.4 is 10.2 Å². The number of rotatable bonds is 3.